The van der Waals surface area contributed by atoms with Crippen LogP contribution in [0.25, 0.3) is 11.0 Å². The van der Waals surface area contributed by atoms with Crippen molar-refractivity contribution in [3.05, 3.63) is 33.0 Å². The highest BCUT2D eigenvalue weighted by molar-refractivity contribution is 6.37. The van der Waals surface area contributed by atoms with E-state index in [4.69, 9.17) is 20.8 Å². The van der Waals surface area contributed by atoms with E-state index in [2.05, 4.69) is 0 Å². The van der Waals surface area contributed by atoms with Crippen LogP contribution in [0.1, 0.15) is 10.6 Å². The van der Waals surface area contributed by atoms with Crippen molar-refractivity contribution in [2.24, 2.45) is 0 Å². The highest BCUT2D eigenvalue weighted by Crippen LogP contribution is 2.41. The number of carbonyl (C=O) groups is 1. The van der Waals surface area contributed by atoms with E-state index in [9.17, 15) is 14.9 Å². The first-order valence-corrected chi connectivity index (χ1v) is 5.90. The zero-order chi connectivity index (χ0) is 15.0. The van der Waals surface area contributed by atoms with Gasteiger partial charge in [0.2, 0.25) is 5.75 Å². The van der Waals surface area contributed by atoms with Crippen molar-refractivity contribution in [2.45, 2.75) is 0 Å². The minimum Gasteiger partial charge on any atom is -0.489 e. The minimum atomic E-state index is -0.625. The van der Waals surface area contributed by atoms with Gasteiger partial charge in [-0.1, -0.05) is 11.6 Å². The number of rotatable bonds is 3. The van der Waals surface area contributed by atoms with Gasteiger partial charge in [0.15, 0.2) is 5.76 Å². The molecule has 1 aromatic carbocycles. The first-order chi connectivity index (χ1) is 9.36. The number of amides is 1. The SMILES string of the molecule is COc1c([N+](=O)[O-])cc2oc(C(=O)N(C)C)cc2c1Cl. The van der Waals surface area contributed by atoms with E-state index in [1.54, 1.807) is 14.1 Å². The summed E-state index contributed by atoms with van der Waals surface area (Å²) in [6, 6.07) is 2.62. The number of fused-ring (bicyclic) bond motifs is 1. The third-order valence-corrected chi connectivity index (χ3v) is 3.09. The summed E-state index contributed by atoms with van der Waals surface area (Å²) in [5.41, 5.74) is -0.157. The van der Waals surface area contributed by atoms with Crippen molar-refractivity contribution in [1.82, 2.24) is 4.90 Å². The average molecular weight is 299 g/mol. The predicted molar refractivity (Wildman–Crippen MR) is 72.4 cm³/mol. The van der Waals surface area contributed by atoms with Crippen molar-refractivity contribution in [3.63, 3.8) is 0 Å². The molecule has 1 aromatic heterocycles. The lowest BCUT2D eigenvalue weighted by Gasteiger charge is -2.06. The van der Waals surface area contributed by atoms with Crippen LogP contribution in [-0.2, 0) is 0 Å². The van der Waals surface area contributed by atoms with E-state index in [1.165, 1.54) is 24.1 Å². The van der Waals surface area contributed by atoms with Gasteiger partial charge in [0.25, 0.3) is 5.91 Å². The molecule has 0 radical (unpaired) electrons. The molecule has 0 saturated carbocycles. The van der Waals surface area contributed by atoms with Crippen LogP contribution in [0.5, 0.6) is 5.75 Å². The van der Waals surface area contributed by atoms with E-state index in [-0.39, 0.29) is 33.7 Å². The van der Waals surface area contributed by atoms with E-state index in [0.29, 0.717) is 5.39 Å². The fourth-order valence-electron chi connectivity index (χ4n) is 1.76. The zero-order valence-electron chi connectivity index (χ0n) is 11.0. The maximum absolute atomic E-state index is 11.8. The molecule has 2 aromatic rings. The molecule has 2 rings (SSSR count). The van der Waals surface area contributed by atoms with Gasteiger partial charge in [-0.25, -0.2) is 0 Å². The molecule has 0 N–H and O–H groups in total. The third-order valence-electron chi connectivity index (χ3n) is 2.71. The zero-order valence-corrected chi connectivity index (χ0v) is 11.7. The molecule has 0 bridgehead atoms. The Hall–Kier alpha value is -2.28. The Morgan fingerprint density at radius 1 is 1.45 bits per heavy atom. The van der Waals surface area contributed by atoms with E-state index < -0.39 is 4.92 Å². The predicted octanol–water partition coefficient (Wildman–Crippen LogP) is 2.70. The van der Waals surface area contributed by atoms with Gasteiger partial charge in [0.1, 0.15) is 10.6 Å². The number of halogens is 1. The molecular formula is C12H11ClN2O5. The van der Waals surface area contributed by atoms with Crippen molar-refractivity contribution in [2.75, 3.05) is 21.2 Å². The van der Waals surface area contributed by atoms with Crippen molar-refractivity contribution < 1.29 is 18.9 Å². The summed E-state index contributed by atoms with van der Waals surface area (Å²) in [6.45, 7) is 0. The summed E-state index contributed by atoms with van der Waals surface area (Å²) < 4.78 is 10.3. The molecule has 106 valence electrons. The van der Waals surface area contributed by atoms with Gasteiger partial charge in [0, 0.05) is 19.5 Å². The summed E-state index contributed by atoms with van der Waals surface area (Å²) >= 11 is 6.07. The Bertz CT molecular complexity index is 707. The van der Waals surface area contributed by atoms with Crippen LogP contribution in [0.3, 0.4) is 0 Å². The maximum Gasteiger partial charge on any atom is 0.316 e. The Balaban J connectivity index is 2.72. The summed E-state index contributed by atoms with van der Waals surface area (Å²) in [6.07, 6.45) is 0. The molecular weight excluding hydrogens is 288 g/mol. The van der Waals surface area contributed by atoms with E-state index in [1.807, 2.05) is 0 Å². The van der Waals surface area contributed by atoms with Crippen LogP contribution >= 0.6 is 11.6 Å². The Labute approximate surface area is 118 Å². The molecule has 0 aliphatic rings. The average Bonchev–Trinajstić information content (AvgIpc) is 2.81. The van der Waals surface area contributed by atoms with E-state index >= 15 is 0 Å². The second kappa shape index (κ2) is 5.01. The molecule has 0 aliphatic carbocycles. The number of nitro groups is 1. The smallest absolute Gasteiger partial charge is 0.316 e. The van der Waals surface area contributed by atoms with Crippen LogP contribution in [0.2, 0.25) is 5.02 Å². The lowest BCUT2D eigenvalue weighted by molar-refractivity contribution is -0.385. The minimum absolute atomic E-state index is 0.0401. The van der Waals surface area contributed by atoms with E-state index in [0.717, 1.165) is 0 Å². The topological polar surface area (TPSA) is 85.8 Å². The molecule has 1 amide bonds. The molecule has 0 aliphatic heterocycles. The highest BCUT2D eigenvalue weighted by atomic mass is 35.5. The van der Waals surface area contributed by atoms with Crippen LogP contribution < -0.4 is 4.74 Å². The van der Waals surface area contributed by atoms with Crippen LogP contribution in [-0.4, -0.2) is 36.9 Å². The van der Waals surface area contributed by atoms with Gasteiger partial charge in [-0.2, -0.15) is 0 Å². The number of furan rings is 1. The second-order valence-corrected chi connectivity index (χ2v) is 4.60. The monoisotopic (exact) mass is 298 g/mol. The van der Waals surface area contributed by atoms with Crippen molar-refractivity contribution in [3.8, 4) is 5.75 Å². The number of nitro benzene ring substituents is 1. The number of benzene rings is 1. The lowest BCUT2D eigenvalue weighted by atomic mass is 10.2. The molecule has 8 heteroatoms. The number of hydrogen-bond acceptors (Lipinski definition) is 5. The second-order valence-electron chi connectivity index (χ2n) is 4.22. The summed E-state index contributed by atoms with van der Waals surface area (Å²) in [5.74, 6) is -0.373. The molecule has 1 heterocycles. The molecule has 0 spiro atoms. The number of nitrogens with zero attached hydrogens (tertiary/aromatic N) is 2. The van der Waals surface area contributed by atoms with Gasteiger partial charge in [-0.15, -0.1) is 0 Å². The Morgan fingerprint density at radius 2 is 2.10 bits per heavy atom. The van der Waals surface area contributed by atoms with Gasteiger partial charge < -0.3 is 14.1 Å². The molecule has 0 unspecified atom stereocenters. The Kier molecular flexibility index (Phi) is 3.54. The van der Waals surface area contributed by atoms with Crippen LogP contribution in [0, 0.1) is 10.1 Å². The molecule has 0 fully saturated rings. The van der Waals surface area contributed by atoms with Crippen molar-refractivity contribution >= 4 is 34.2 Å². The van der Waals surface area contributed by atoms with Crippen LogP contribution in [0.15, 0.2) is 16.5 Å². The lowest BCUT2D eigenvalue weighted by Crippen LogP contribution is -2.20. The van der Waals surface area contributed by atoms with Crippen LogP contribution in [0.4, 0.5) is 5.69 Å². The molecule has 20 heavy (non-hydrogen) atoms. The number of methoxy groups -OCH3 is 1. The van der Waals surface area contributed by atoms with Gasteiger partial charge in [-0.3, -0.25) is 14.9 Å². The highest BCUT2D eigenvalue weighted by Gasteiger charge is 2.25. The Morgan fingerprint density at radius 3 is 2.60 bits per heavy atom. The normalized spacial score (nSPS) is 10.6. The van der Waals surface area contributed by atoms with Crippen molar-refractivity contribution in [1.29, 1.82) is 0 Å². The first-order valence-electron chi connectivity index (χ1n) is 5.53. The number of hydrogen-bond donors (Lipinski definition) is 0. The largest absolute Gasteiger partial charge is 0.489 e. The van der Waals surface area contributed by atoms with Gasteiger partial charge in [-0.05, 0) is 6.07 Å². The summed E-state index contributed by atoms with van der Waals surface area (Å²) in [5, 5.41) is 11.4. The quantitative estimate of drug-likeness (QED) is 0.642. The standard InChI is InChI=1S/C12H11ClN2O5/c1-14(2)12(16)9-4-6-8(20-9)5-7(15(17)18)11(19-3)10(6)13/h4-5H,1-3H3. The number of carbonyl (C=O) groups excluding carboxylic acids is 1. The number of ether oxygens (including phenoxy) is 1. The third kappa shape index (κ3) is 2.16. The fraction of sp³-hybridized carbons (Fsp3) is 0.250. The van der Waals surface area contributed by atoms with Gasteiger partial charge >= 0.3 is 5.69 Å². The molecule has 0 atom stereocenters. The molecule has 0 saturated heterocycles. The summed E-state index contributed by atoms with van der Waals surface area (Å²) in [7, 11) is 4.42. The van der Waals surface area contributed by atoms with Gasteiger partial charge in [0.05, 0.1) is 18.1 Å². The summed E-state index contributed by atoms with van der Waals surface area (Å²) in [4.78, 5) is 23.5. The first kappa shape index (κ1) is 14.1. The fourth-order valence-corrected chi connectivity index (χ4v) is 2.09. The molecule has 7 nitrogen and oxygen atoms in total. The maximum atomic E-state index is 11.8.